The van der Waals surface area contributed by atoms with Gasteiger partial charge in [0.15, 0.2) is 0 Å². The molecule has 1 unspecified atom stereocenters. The molecule has 0 spiro atoms. The van der Waals surface area contributed by atoms with Crippen LogP contribution in [0.3, 0.4) is 0 Å². The maximum absolute atomic E-state index is 11.4. The Kier molecular flexibility index (Phi) is 5.56. The molecule has 0 aliphatic heterocycles. The highest BCUT2D eigenvalue weighted by Crippen LogP contribution is 2.26. The van der Waals surface area contributed by atoms with Gasteiger partial charge in [-0.3, -0.25) is 0 Å². The molecule has 3 nitrogen and oxygen atoms in total. The Morgan fingerprint density at radius 3 is 2.11 bits per heavy atom. The van der Waals surface area contributed by atoms with E-state index in [1.54, 1.807) is 0 Å². The van der Waals surface area contributed by atoms with Crippen LogP contribution < -0.4 is 5.32 Å². The highest BCUT2D eigenvalue weighted by atomic mass is 32.2. The Morgan fingerprint density at radius 1 is 1.16 bits per heavy atom. The van der Waals surface area contributed by atoms with Crippen LogP contribution in [0.25, 0.3) is 0 Å². The smallest absolute Gasteiger partial charge is 0.147 e. The van der Waals surface area contributed by atoms with E-state index in [1.165, 1.54) is 28.5 Å². The molecule has 1 aromatic carbocycles. The Hall–Kier alpha value is -0.870. The number of aryl methyl sites for hydroxylation is 3. The molecule has 0 fully saturated rings. The molecule has 4 heteroatoms. The van der Waals surface area contributed by atoms with Crippen LogP contribution in [0, 0.1) is 20.8 Å². The van der Waals surface area contributed by atoms with Crippen LogP contribution in [-0.4, -0.2) is 27.0 Å². The van der Waals surface area contributed by atoms with Crippen molar-refractivity contribution in [3.63, 3.8) is 0 Å². The van der Waals surface area contributed by atoms with Crippen molar-refractivity contribution in [3.8, 4) is 0 Å². The minimum atomic E-state index is -2.92. The summed E-state index contributed by atoms with van der Waals surface area (Å²) in [6.45, 7) is 9.16. The summed E-state index contributed by atoms with van der Waals surface area (Å²) in [5.41, 5.74) is 4.96. The largest absolute Gasteiger partial charge is 0.310 e. The molecule has 0 saturated heterocycles. The van der Waals surface area contributed by atoms with Gasteiger partial charge in [0.25, 0.3) is 0 Å². The normalized spacial score (nSPS) is 13.5. The molecule has 1 aromatic rings. The Balaban J connectivity index is 3.05. The molecular formula is C15H25NO2S. The molecule has 108 valence electrons. The van der Waals surface area contributed by atoms with Crippen LogP contribution in [-0.2, 0) is 9.84 Å². The number of benzene rings is 1. The van der Waals surface area contributed by atoms with Crippen molar-refractivity contribution in [1.29, 1.82) is 0 Å². The summed E-state index contributed by atoms with van der Waals surface area (Å²) in [6.07, 6.45) is 1.92. The van der Waals surface area contributed by atoms with Crippen LogP contribution in [0.1, 0.15) is 41.6 Å². The lowest BCUT2D eigenvalue weighted by molar-refractivity contribution is 0.525. The van der Waals surface area contributed by atoms with Gasteiger partial charge in [0.05, 0.1) is 5.75 Å². The van der Waals surface area contributed by atoms with Crippen molar-refractivity contribution < 1.29 is 8.42 Å². The van der Waals surface area contributed by atoms with E-state index in [1.807, 2.05) is 6.92 Å². The SMILES string of the molecule is CCNC(CCS(C)(=O)=O)c1c(C)cc(C)cc1C. The lowest BCUT2D eigenvalue weighted by atomic mass is 9.92. The van der Waals surface area contributed by atoms with Gasteiger partial charge in [0.2, 0.25) is 0 Å². The number of hydrogen-bond acceptors (Lipinski definition) is 3. The zero-order valence-corrected chi connectivity index (χ0v) is 13.4. The summed E-state index contributed by atoms with van der Waals surface area (Å²) in [4.78, 5) is 0. The molecule has 0 aromatic heterocycles. The predicted molar refractivity (Wildman–Crippen MR) is 81.4 cm³/mol. The average molecular weight is 283 g/mol. The first-order chi connectivity index (χ1) is 8.74. The van der Waals surface area contributed by atoms with Crippen LogP contribution in [0.4, 0.5) is 0 Å². The number of sulfone groups is 1. The van der Waals surface area contributed by atoms with E-state index < -0.39 is 9.84 Å². The minimum Gasteiger partial charge on any atom is -0.310 e. The average Bonchev–Trinajstić information content (AvgIpc) is 2.23. The first-order valence-corrected chi connectivity index (χ1v) is 8.79. The summed E-state index contributed by atoms with van der Waals surface area (Å²) in [5, 5.41) is 3.41. The Morgan fingerprint density at radius 2 is 1.68 bits per heavy atom. The number of rotatable bonds is 6. The topological polar surface area (TPSA) is 46.2 Å². The summed E-state index contributed by atoms with van der Waals surface area (Å²) >= 11 is 0. The van der Waals surface area contributed by atoms with Crippen molar-refractivity contribution in [2.45, 2.75) is 40.2 Å². The van der Waals surface area contributed by atoms with E-state index >= 15 is 0 Å². The predicted octanol–water partition coefficient (Wildman–Crippen LogP) is 2.70. The lowest BCUT2D eigenvalue weighted by Crippen LogP contribution is -2.25. The highest BCUT2D eigenvalue weighted by Gasteiger charge is 2.17. The van der Waals surface area contributed by atoms with E-state index in [4.69, 9.17) is 0 Å². The third kappa shape index (κ3) is 4.96. The summed E-state index contributed by atoms with van der Waals surface area (Å²) in [7, 11) is -2.92. The molecule has 0 amide bonds. The van der Waals surface area contributed by atoms with Crippen molar-refractivity contribution in [1.82, 2.24) is 5.32 Å². The zero-order valence-electron chi connectivity index (χ0n) is 12.6. The van der Waals surface area contributed by atoms with Crippen LogP contribution in [0.5, 0.6) is 0 Å². The Labute approximate surface area is 117 Å². The van der Waals surface area contributed by atoms with Crippen LogP contribution >= 0.6 is 0 Å². The van der Waals surface area contributed by atoms with Gasteiger partial charge in [-0.05, 0) is 50.4 Å². The quantitative estimate of drug-likeness (QED) is 0.873. The van der Waals surface area contributed by atoms with E-state index in [-0.39, 0.29) is 11.8 Å². The summed E-state index contributed by atoms with van der Waals surface area (Å²) in [6, 6.07) is 4.43. The first-order valence-electron chi connectivity index (χ1n) is 6.73. The monoisotopic (exact) mass is 283 g/mol. The Bertz CT molecular complexity index is 512. The molecule has 0 radical (unpaired) electrons. The van der Waals surface area contributed by atoms with Crippen molar-refractivity contribution in [2.75, 3.05) is 18.6 Å². The first kappa shape index (κ1) is 16.2. The van der Waals surface area contributed by atoms with Gasteiger partial charge >= 0.3 is 0 Å². The van der Waals surface area contributed by atoms with Gasteiger partial charge in [-0.2, -0.15) is 0 Å². The molecule has 0 saturated carbocycles. The van der Waals surface area contributed by atoms with Gasteiger partial charge in [-0.25, -0.2) is 8.42 Å². The molecule has 1 N–H and O–H groups in total. The van der Waals surface area contributed by atoms with Crippen LogP contribution in [0.2, 0.25) is 0 Å². The molecule has 0 aliphatic rings. The third-order valence-corrected chi connectivity index (χ3v) is 4.29. The van der Waals surface area contributed by atoms with Gasteiger partial charge < -0.3 is 5.32 Å². The lowest BCUT2D eigenvalue weighted by Gasteiger charge is -2.23. The van der Waals surface area contributed by atoms with E-state index in [0.29, 0.717) is 6.42 Å². The molecule has 0 bridgehead atoms. The highest BCUT2D eigenvalue weighted by molar-refractivity contribution is 7.90. The minimum absolute atomic E-state index is 0.111. The second-order valence-corrected chi connectivity index (χ2v) is 7.60. The second kappa shape index (κ2) is 6.53. The third-order valence-electron chi connectivity index (χ3n) is 3.31. The van der Waals surface area contributed by atoms with Crippen molar-refractivity contribution in [3.05, 3.63) is 34.4 Å². The van der Waals surface area contributed by atoms with Gasteiger partial charge in [-0.15, -0.1) is 0 Å². The van der Waals surface area contributed by atoms with Crippen molar-refractivity contribution in [2.24, 2.45) is 0 Å². The van der Waals surface area contributed by atoms with E-state index in [9.17, 15) is 8.42 Å². The standard InChI is InChI=1S/C15H25NO2S/c1-6-16-14(7-8-19(5,17)18)15-12(3)9-11(2)10-13(15)4/h9-10,14,16H,6-8H2,1-5H3. The van der Waals surface area contributed by atoms with Crippen molar-refractivity contribution >= 4 is 9.84 Å². The fourth-order valence-electron chi connectivity index (χ4n) is 2.67. The number of hydrogen-bond donors (Lipinski definition) is 1. The van der Waals surface area contributed by atoms with E-state index in [0.717, 1.165) is 6.54 Å². The molecule has 19 heavy (non-hydrogen) atoms. The maximum Gasteiger partial charge on any atom is 0.147 e. The molecule has 0 heterocycles. The molecule has 0 aliphatic carbocycles. The fraction of sp³-hybridized carbons (Fsp3) is 0.600. The zero-order chi connectivity index (χ0) is 14.6. The van der Waals surface area contributed by atoms with Crippen LogP contribution in [0.15, 0.2) is 12.1 Å². The number of nitrogens with one attached hydrogen (secondary N) is 1. The summed E-state index contributed by atoms with van der Waals surface area (Å²) < 4.78 is 22.7. The second-order valence-electron chi connectivity index (χ2n) is 5.34. The maximum atomic E-state index is 11.4. The van der Waals surface area contributed by atoms with Gasteiger partial charge in [0, 0.05) is 12.3 Å². The molecular weight excluding hydrogens is 258 g/mol. The molecule has 1 rings (SSSR count). The van der Waals surface area contributed by atoms with E-state index in [2.05, 4.69) is 38.2 Å². The fourth-order valence-corrected chi connectivity index (χ4v) is 3.33. The molecule has 1 atom stereocenters. The van der Waals surface area contributed by atoms with Gasteiger partial charge in [0.1, 0.15) is 9.84 Å². The van der Waals surface area contributed by atoms with Gasteiger partial charge in [-0.1, -0.05) is 24.6 Å². The summed E-state index contributed by atoms with van der Waals surface area (Å²) in [5.74, 6) is 0.220.